The lowest BCUT2D eigenvalue weighted by Crippen LogP contribution is -1.95. The molecule has 5 nitrogen and oxygen atoms in total. The average Bonchev–Trinajstić information content (AvgIpc) is 2.40. The molecule has 90 valence electrons. The summed E-state index contributed by atoms with van der Waals surface area (Å²) < 4.78 is 10.5. The van der Waals surface area contributed by atoms with Crippen molar-refractivity contribution in [3.63, 3.8) is 0 Å². The Labute approximate surface area is 105 Å². The van der Waals surface area contributed by atoms with Gasteiger partial charge in [0.1, 0.15) is 11.5 Å². The van der Waals surface area contributed by atoms with Crippen molar-refractivity contribution < 1.29 is 9.47 Å². The minimum absolute atomic E-state index is 0.230. The van der Waals surface area contributed by atoms with E-state index < -0.39 is 0 Å². The highest BCUT2D eigenvalue weighted by atomic mass is 16.5. The summed E-state index contributed by atoms with van der Waals surface area (Å²) in [6, 6.07) is 11.0. The first-order chi connectivity index (χ1) is 8.81. The van der Waals surface area contributed by atoms with Gasteiger partial charge in [0.2, 0.25) is 0 Å². The van der Waals surface area contributed by atoms with Gasteiger partial charge in [0.15, 0.2) is 0 Å². The molecule has 0 radical (unpaired) electrons. The average molecular weight is 241 g/mol. The summed E-state index contributed by atoms with van der Waals surface area (Å²) in [5, 5.41) is 8.59. The van der Waals surface area contributed by atoms with Crippen LogP contribution in [0.2, 0.25) is 0 Å². The van der Waals surface area contributed by atoms with E-state index in [4.69, 9.17) is 14.7 Å². The van der Waals surface area contributed by atoms with Crippen molar-refractivity contribution in [2.24, 2.45) is 0 Å². The lowest BCUT2D eigenvalue weighted by Gasteiger charge is -2.05. The molecule has 0 aliphatic carbocycles. The maximum Gasteiger partial charge on any atom is 0.322 e. The van der Waals surface area contributed by atoms with Crippen LogP contribution in [0.3, 0.4) is 0 Å². The van der Waals surface area contributed by atoms with Gasteiger partial charge in [-0.05, 0) is 30.3 Å². The number of aromatic nitrogens is 2. The molecule has 5 heteroatoms. The summed E-state index contributed by atoms with van der Waals surface area (Å²) >= 11 is 0. The van der Waals surface area contributed by atoms with Crippen LogP contribution < -0.4 is 9.47 Å². The van der Waals surface area contributed by atoms with Crippen LogP contribution in [0.25, 0.3) is 0 Å². The predicted molar refractivity (Wildman–Crippen MR) is 64.4 cm³/mol. The quantitative estimate of drug-likeness (QED) is 0.821. The molecule has 0 aliphatic rings. The highest BCUT2D eigenvalue weighted by molar-refractivity contribution is 5.32. The number of nitriles is 1. The first kappa shape index (κ1) is 11.9. The van der Waals surface area contributed by atoms with E-state index in [0.29, 0.717) is 11.4 Å². The summed E-state index contributed by atoms with van der Waals surface area (Å²) in [4.78, 5) is 8.10. The molecule has 2 aromatic rings. The topological polar surface area (TPSA) is 68.0 Å². The van der Waals surface area contributed by atoms with Gasteiger partial charge in [-0.15, -0.1) is 0 Å². The number of ether oxygens (including phenoxy) is 2. The monoisotopic (exact) mass is 241 g/mol. The minimum atomic E-state index is 0.230. The Hall–Kier alpha value is -2.61. The third kappa shape index (κ3) is 2.95. The standard InChI is InChI=1S/C13H11N3O2/c1-17-11-2-4-12(5-3-11)18-13-15-9-7-10(16-13)6-8-14/h2-5,7,9H,6H2,1H3. The van der Waals surface area contributed by atoms with Crippen molar-refractivity contribution in [1.82, 2.24) is 9.97 Å². The fraction of sp³-hybridized carbons (Fsp3) is 0.154. The zero-order valence-corrected chi connectivity index (χ0v) is 9.83. The second-order valence-corrected chi connectivity index (χ2v) is 3.44. The zero-order chi connectivity index (χ0) is 12.8. The molecule has 1 heterocycles. The molecule has 0 fully saturated rings. The van der Waals surface area contributed by atoms with Crippen LogP contribution in [-0.4, -0.2) is 17.1 Å². The van der Waals surface area contributed by atoms with Crippen LogP contribution in [0.5, 0.6) is 17.5 Å². The van der Waals surface area contributed by atoms with Crippen molar-refractivity contribution in [3.8, 4) is 23.6 Å². The smallest absolute Gasteiger partial charge is 0.322 e. The van der Waals surface area contributed by atoms with Gasteiger partial charge in [0.25, 0.3) is 0 Å². The molecule has 0 bridgehead atoms. The van der Waals surface area contributed by atoms with Crippen molar-refractivity contribution in [1.29, 1.82) is 5.26 Å². The number of hydrogen-bond acceptors (Lipinski definition) is 5. The highest BCUT2D eigenvalue weighted by Gasteiger charge is 2.02. The summed E-state index contributed by atoms with van der Waals surface area (Å²) in [7, 11) is 1.60. The largest absolute Gasteiger partial charge is 0.497 e. The molecule has 0 saturated carbocycles. The van der Waals surface area contributed by atoms with Crippen LogP contribution in [0, 0.1) is 11.3 Å². The summed E-state index contributed by atoms with van der Waals surface area (Å²) in [5.74, 6) is 1.37. The van der Waals surface area contributed by atoms with Gasteiger partial charge in [-0.2, -0.15) is 10.2 Å². The molecule has 0 amide bonds. The summed E-state index contributed by atoms with van der Waals surface area (Å²) in [6.45, 7) is 0. The van der Waals surface area contributed by atoms with Crippen molar-refractivity contribution in [2.45, 2.75) is 6.42 Å². The Balaban J connectivity index is 2.12. The normalized spacial score (nSPS) is 9.56. The molecule has 1 aromatic carbocycles. The van der Waals surface area contributed by atoms with Crippen LogP contribution in [0.15, 0.2) is 36.5 Å². The fourth-order valence-corrected chi connectivity index (χ4v) is 1.35. The van der Waals surface area contributed by atoms with Gasteiger partial charge >= 0.3 is 6.01 Å². The van der Waals surface area contributed by atoms with Gasteiger partial charge in [-0.25, -0.2) is 4.98 Å². The second kappa shape index (κ2) is 5.64. The molecule has 0 unspecified atom stereocenters. The Bertz CT molecular complexity index is 561. The highest BCUT2D eigenvalue weighted by Crippen LogP contribution is 2.21. The van der Waals surface area contributed by atoms with E-state index in [9.17, 15) is 0 Å². The molecule has 0 saturated heterocycles. The van der Waals surface area contributed by atoms with Gasteiger partial charge < -0.3 is 9.47 Å². The first-order valence-electron chi connectivity index (χ1n) is 5.32. The van der Waals surface area contributed by atoms with Crippen LogP contribution in [0.4, 0.5) is 0 Å². The molecule has 1 aromatic heterocycles. The third-order valence-electron chi connectivity index (χ3n) is 2.22. The SMILES string of the molecule is COc1ccc(Oc2nccc(CC#N)n2)cc1. The van der Waals surface area contributed by atoms with Crippen molar-refractivity contribution in [3.05, 3.63) is 42.2 Å². The van der Waals surface area contributed by atoms with Gasteiger partial charge in [0, 0.05) is 6.20 Å². The van der Waals surface area contributed by atoms with Gasteiger partial charge in [0.05, 0.1) is 25.3 Å². The Morgan fingerprint density at radius 2 is 1.89 bits per heavy atom. The predicted octanol–water partition coefficient (Wildman–Crippen LogP) is 2.34. The molecular weight excluding hydrogens is 230 g/mol. The first-order valence-corrected chi connectivity index (χ1v) is 5.32. The van der Waals surface area contributed by atoms with Crippen molar-refractivity contribution in [2.75, 3.05) is 7.11 Å². The van der Waals surface area contributed by atoms with E-state index in [1.165, 1.54) is 0 Å². The lowest BCUT2D eigenvalue weighted by molar-refractivity contribution is 0.410. The number of benzene rings is 1. The summed E-state index contributed by atoms with van der Waals surface area (Å²) in [5.41, 5.74) is 0.635. The van der Waals surface area contributed by atoms with E-state index in [-0.39, 0.29) is 12.4 Å². The number of rotatable bonds is 4. The number of hydrogen-bond donors (Lipinski definition) is 0. The molecule has 0 N–H and O–H groups in total. The lowest BCUT2D eigenvalue weighted by atomic mass is 10.3. The Kier molecular flexibility index (Phi) is 3.72. The van der Waals surface area contributed by atoms with Gasteiger partial charge in [-0.3, -0.25) is 0 Å². The van der Waals surface area contributed by atoms with Crippen LogP contribution in [-0.2, 0) is 6.42 Å². The molecule has 0 atom stereocenters. The van der Waals surface area contributed by atoms with E-state index in [0.717, 1.165) is 5.75 Å². The van der Waals surface area contributed by atoms with E-state index in [1.807, 2.05) is 6.07 Å². The van der Waals surface area contributed by atoms with Crippen LogP contribution in [0.1, 0.15) is 5.69 Å². The van der Waals surface area contributed by atoms with E-state index in [1.54, 1.807) is 43.6 Å². The third-order valence-corrected chi connectivity index (χ3v) is 2.22. The van der Waals surface area contributed by atoms with Crippen molar-refractivity contribution >= 4 is 0 Å². The fourth-order valence-electron chi connectivity index (χ4n) is 1.35. The van der Waals surface area contributed by atoms with E-state index >= 15 is 0 Å². The molecular formula is C13H11N3O2. The molecule has 18 heavy (non-hydrogen) atoms. The molecule has 0 aliphatic heterocycles. The van der Waals surface area contributed by atoms with E-state index in [2.05, 4.69) is 9.97 Å². The Morgan fingerprint density at radius 1 is 1.17 bits per heavy atom. The zero-order valence-electron chi connectivity index (χ0n) is 9.83. The molecule has 0 spiro atoms. The maximum atomic E-state index is 8.59. The Morgan fingerprint density at radius 3 is 2.56 bits per heavy atom. The molecule has 2 rings (SSSR count). The number of methoxy groups -OCH3 is 1. The van der Waals surface area contributed by atoms with Gasteiger partial charge in [-0.1, -0.05) is 0 Å². The minimum Gasteiger partial charge on any atom is -0.497 e. The second-order valence-electron chi connectivity index (χ2n) is 3.44. The number of nitrogens with zero attached hydrogens (tertiary/aromatic N) is 3. The maximum absolute atomic E-state index is 8.59. The van der Waals surface area contributed by atoms with Crippen LogP contribution >= 0.6 is 0 Å². The summed E-state index contributed by atoms with van der Waals surface area (Å²) in [6.07, 6.45) is 1.81.